The van der Waals surface area contributed by atoms with Crippen molar-refractivity contribution < 1.29 is 15.0 Å². The highest BCUT2D eigenvalue weighted by Crippen LogP contribution is 2.40. The van der Waals surface area contributed by atoms with E-state index in [1.165, 1.54) is 0 Å². The Labute approximate surface area is 159 Å². The van der Waals surface area contributed by atoms with Gasteiger partial charge in [-0.1, -0.05) is 49.8 Å². The van der Waals surface area contributed by atoms with Crippen molar-refractivity contribution in [2.24, 2.45) is 5.41 Å². The molecule has 0 fully saturated rings. The van der Waals surface area contributed by atoms with Crippen LogP contribution in [0.3, 0.4) is 0 Å². The Bertz CT molecular complexity index is 852. The highest BCUT2D eigenvalue weighted by molar-refractivity contribution is 5.89. The molecule has 0 radical (unpaired) electrons. The van der Waals surface area contributed by atoms with Gasteiger partial charge in [-0.25, -0.2) is 4.79 Å². The molecule has 27 heavy (non-hydrogen) atoms. The van der Waals surface area contributed by atoms with Crippen molar-refractivity contribution >= 4 is 12.0 Å². The molecule has 0 spiro atoms. The van der Waals surface area contributed by atoms with E-state index in [0.29, 0.717) is 11.5 Å². The van der Waals surface area contributed by atoms with Gasteiger partial charge in [-0.2, -0.15) is 10.3 Å². The number of aromatic amines is 1. The Morgan fingerprint density at radius 3 is 2.59 bits per heavy atom. The summed E-state index contributed by atoms with van der Waals surface area (Å²) < 4.78 is 0. The Hall–Kier alpha value is -2.89. The third-order valence-electron chi connectivity index (χ3n) is 4.63. The second-order valence-electron chi connectivity index (χ2n) is 7.45. The summed E-state index contributed by atoms with van der Waals surface area (Å²) >= 11 is 0. The van der Waals surface area contributed by atoms with Gasteiger partial charge in [0.25, 0.3) is 0 Å². The summed E-state index contributed by atoms with van der Waals surface area (Å²) in [5, 5.41) is 29.0. The number of aromatic carboxylic acids is 1. The SMILES string of the molecule is CC(/C=C/C1=C(O)CCCC1(C)C)=C\C=C\C(C)=C\c1n[nH]nc1C(=O)O. The maximum Gasteiger partial charge on any atom is 0.358 e. The molecule has 1 aliphatic carbocycles. The van der Waals surface area contributed by atoms with Gasteiger partial charge in [-0.3, -0.25) is 0 Å². The van der Waals surface area contributed by atoms with E-state index in [0.717, 1.165) is 36.0 Å². The van der Waals surface area contributed by atoms with Gasteiger partial charge in [-0.05, 0) is 49.3 Å². The number of hydrogen-bond acceptors (Lipinski definition) is 4. The van der Waals surface area contributed by atoms with Crippen LogP contribution in [0.15, 0.2) is 52.9 Å². The minimum absolute atomic E-state index is 0.00623. The van der Waals surface area contributed by atoms with Crippen LogP contribution < -0.4 is 0 Å². The monoisotopic (exact) mass is 369 g/mol. The van der Waals surface area contributed by atoms with Crippen LogP contribution in [-0.4, -0.2) is 31.6 Å². The van der Waals surface area contributed by atoms with Crippen LogP contribution >= 0.6 is 0 Å². The molecular weight excluding hydrogens is 342 g/mol. The van der Waals surface area contributed by atoms with Gasteiger partial charge in [0.15, 0.2) is 5.69 Å². The predicted octanol–water partition coefficient (Wildman–Crippen LogP) is 4.99. The molecule has 0 saturated heterocycles. The number of carbonyl (C=O) groups is 1. The van der Waals surface area contributed by atoms with Gasteiger partial charge >= 0.3 is 5.97 Å². The highest BCUT2D eigenvalue weighted by atomic mass is 16.4. The summed E-state index contributed by atoms with van der Waals surface area (Å²) in [5.74, 6) is -0.623. The number of rotatable bonds is 6. The molecule has 0 amide bonds. The zero-order chi connectivity index (χ0) is 20.0. The van der Waals surface area contributed by atoms with Crippen molar-refractivity contribution in [1.82, 2.24) is 15.4 Å². The second kappa shape index (κ2) is 8.66. The summed E-state index contributed by atoms with van der Waals surface area (Å²) in [6, 6.07) is 0. The van der Waals surface area contributed by atoms with Crippen LogP contribution in [0.2, 0.25) is 0 Å². The van der Waals surface area contributed by atoms with Crippen molar-refractivity contribution in [2.75, 3.05) is 0 Å². The number of aliphatic hydroxyl groups excluding tert-OH is 1. The topological polar surface area (TPSA) is 99.1 Å². The van der Waals surface area contributed by atoms with Crippen molar-refractivity contribution in [3.63, 3.8) is 0 Å². The maximum absolute atomic E-state index is 11.0. The molecule has 3 N–H and O–H groups in total. The first-order chi connectivity index (χ1) is 12.7. The molecule has 0 atom stereocenters. The molecule has 0 aliphatic heterocycles. The number of nitrogens with zero attached hydrogens (tertiary/aromatic N) is 2. The van der Waals surface area contributed by atoms with Gasteiger partial charge < -0.3 is 10.2 Å². The average Bonchev–Trinajstić information content (AvgIpc) is 3.02. The maximum atomic E-state index is 11.0. The minimum Gasteiger partial charge on any atom is -0.512 e. The van der Waals surface area contributed by atoms with Gasteiger partial charge in [0.1, 0.15) is 5.69 Å². The fourth-order valence-electron chi connectivity index (χ4n) is 3.06. The van der Waals surface area contributed by atoms with Crippen LogP contribution in [0, 0.1) is 5.41 Å². The van der Waals surface area contributed by atoms with Crippen LogP contribution in [0.4, 0.5) is 0 Å². The summed E-state index contributed by atoms with van der Waals surface area (Å²) in [4.78, 5) is 11.0. The Balaban J connectivity index is 2.07. The first-order valence-electron chi connectivity index (χ1n) is 8.98. The lowest BCUT2D eigenvalue weighted by atomic mass is 9.74. The predicted molar refractivity (Wildman–Crippen MR) is 106 cm³/mol. The van der Waals surface area contributed by atoms with Crippen LogP contribution in [-0.2, 0) is 0 Å². The summed E-state index contributed by atoms with van der Waals surface area (Å²) in [5.41, 5.74) is 3.11. The van der Waals surface area contributed by atoms with Gasteiger partial charge in [0.05, 0.1) is 5.76 Å². The molecule has 0 saturated carbocycles. The Kier molecular flexibility index (Phi) is 6.55. The Morgan fingerprint density at radius 2 is 1.93 bits per heavy atom. The fourth-order valence-corrected chi connectivity index (χ4v) is 3.06. The molecule has 0 bridgehead atoms. The number of aromatic nitrogens is 3. The molecule has 6 nitrogen and oxygen atoms in total. The second-order valence-corrected chi connectivity index (χ2v) is 7.45. The number of nitrogens with one attached hydrogen (secondary N) is 1. The Morgan fingerprint density at radius 1 is 1.19 bits per heavy atom. The lowest BCUT2D eigenvalue weighted by Gasteiger charge is -2.31. The molecule has 0 unspecified atom stereocenters. The largest absolute Gasteiger partial charge is 0.512 e. The number of hydrogen-bond donors (Lipinski definition) is 3. The quantitative estimate of drug-likeness (QED) is 0.614. The van der Waals surface area contributed by atoms with Crippen molar-refractivity contribution in [3.05, 3.63) is 64.2 Å². The first-order valence-corrected chi connectivity index (χ1v) is 8.98. The highest BCUT2D eigenvalue weighted by Gasteiger charge is 2.28. The third-order valence-corrected chi connectivity index (χ3v) is 4.63. The number of allylic oxidation sites excluding steroid dienone is 9. The molecular formula is C21H27N3O3. The van der Waals surface area contributed by atoms with E-state index in [9.17, 15) is 9.90 Å². The number of carboxylic acid groups (broad SMARTS) is 1. The molecule has 2 rings (SSSR count). The van der Waals surface area contributed by atoms with E-state index < -0.39 is 5.97 Å². The zero-order valence-corrected chi connectivity index (χ0v) is 16.3. The zero-order valence-electron chi connectivity index (χ0n) is 16.3. The number of carboxylic acids is 1. The lowest BCUT2D eigenvalue weighted by molar-refractivity contribution is 0.0690. The van der Waals surface area contributed by atoms with Crippen LogP contribution in [0.25, 0.3) is 6.08 Å². The van der Waals surface area contributed by atoms with E-state index >= 15 is 0 Å². The molecule has 1 aromatic rings. The number of aliphatic hydroxyl groups is 1. The van der Waals surface area contributed by atoms with Crippen molar-refractivity contribution in [2.45, 2.75) is 47.0 Å². The summed E-state index contributed by atoms with van der Waals surface area (Å²) in [6.45, 7) is 8.17. The van der Waals surface area contributed by atoms with E-state index in [-0.39, 0.29) is 11.1 Å². The van der Waals surface area contributed by atoms with Crippen LogP contribution in [0.1, 0.15) is 63.1 Å². The molecule has 6 heteroatoms. The fraction of sp³-hybridized carbons (Fsp3) is 0.381. The number of H-pyrrole nitrogens is 1. The molecule has 144 valence electrons. The van der Waals surface area contributed by atoms with Crippen molar-refractivity contribution in [3.8, 4) is 0 Å². The van der Waals surface area contributed by atoms with Crippen molar-refractivity contribution in [1.29, 1.82) is 0 Å². The minimum atomic E-state index is -1.11. The standard InChI is InChI=1S/C21H27N3O3/c1-14(10-11-16-18(25)9-6-12-21(16,3)4)7-5-8-15(2)13-17-19(20(26)27)23-24-22-17/h5,7-8,10-11,13,25H,6,9,12H2,1-4H3,(H,26,27)(H,22,23,24)/b8-5+,11-10+,14-7+,15-13+. The average molecular weight is 369 g/mol. The lowest BCUT2D eigenvalue weighted by Crippen LogP contribution is -2.19. The van der Waals surface area contributed by atoms with E-state index in [2.05, 4.69) is 29.3 Å². The smallest absolute Gasteiger partial charge is 0.358 e. The molecule has 1 aliphatic rings. The summed E-state index contributed by atoms with van der Waals surface area (Å²) in [6.07, 6.45) is 14.2. The van der Waals surface area contributed by atoms with E-state index in [4.69, 9.17) is 5.11 Å². The molecule has 1 heterocycles. The van der Waals surface area contributed by atoms with Gasteiger partial charge in [0, 0.05) is 6.42 Å². The molecule has 0 aromatic carbocycles. The van der Waals surface area contributed by atoms with Gasteiger partial charge in [-0.15, -0.1) is 5.10 Å². The van der Waals surface area contributed by atoms with Gasteiger partial charge in [0.2, 0.25) is 0 Å². The third kappa shape index (κ3) is 5.54. The first kappa shape index (κ1) is 20.4. The molecule has 1 aromatic heterocycles. The van der Waals surface area contributed by atoms with E-state index in [1.807, 2.05) is 44.2 Å². The van der Waals surface area contributed by atoms with E-state index in [1.54, 1.807) is 6.08 Å². The van der Waals surface area contributed by atoms with Crippen LogP contribution in [0.5, 0.6) is 0 Å². The summed E-state index contributed by atoms with van der Waals surface area (Å²) in [7, 11) is 0. The normalized spacial score (nSPS) is 18.7.